The van der Waals surface area contributed by atoms with E-state index < -0.39 is 0 Å². The fraction of sp³-hybridized carbons (Fsp3) is 0.600. The van der Waals surface area contributed by atoms with Crippen LogP contribution < -0.4 is 0 Å². The minimum atomic E-state index is 1.27. The largest absolute Gasteiger partial charge is 0.145 e. The molecule has 0 unspecified atom stereocenters. The summed E-state index contributed by atoms with van der Waals surface area (Å²) in [5.41, 5.74) is 1.46. The van der Waals surface area contributed by atoms with Gasteiger partial charge in [-0.1, -0.05) is 13.3 Å². The first-order chi connectivity index (χ1) is 5.24. The molecule has 0 atom stereocenters. The van der Waals surface area contributed by atoms with Crippen LogP contribution >= 0.6 is 11.3 Å². The summed E-state index contributed by atoms with van der Waals surface area (Å²) in [5, 5.41) is 0. The van der Waals surface area contributed by atoms with E-state index in [0.717, 1.165) is 0 Å². The quantitative estimate of drug-likeness (QED) is 0.645. The molecule has 0 aliphatic heterocycles. The van der Waals surface area contributed by atoms with Gasteiger partial charge in [0.2, 0.25) is 0 Å². The maximum Gasteiger partial charge on any atom is 0.00507 e. The second-order valence-corrected chi connectivity index (χ2v) is 4.40. The predicted octanol–water partition coefficient (Wildman–Crippen LogP) is 3.71. The molecule has 0 saturated carbocycles. The summed E-state index contributed by atoms with van der Waals surface area (Å²) in [5.74, 6) is 0. The average Bonchev–Trinajstić information content (AvgIpc) is 2.28. The summed E-state index contributed by atoms with van der Waals surface area (Å²) in [4.78, 5) is 3.04. The predicted molar refractivity (Wildman–Crippen MR) is 52.4 cm³/mol. The van der Waals surface area contributed by atoms with Gasteiger partial charge < -0.3 is 0 Å². The van der Waals surface area contributed by atoms with Crippen LogP contribution in [0.3, 0.4) is 0 Å². The molecule has 0 N–H and O–H groups in total. The highest BCUT2D eigenvalue weighted by atomic mass is 32.1. The van der Waals surface area contributed by atoms with E-state index in [-0.39, 0.29) is 0 Å². The summed E-state index contributed by atoms with van der Waals surface area (Å²) >= 11 is 1.95. The van der Waals surface area contributed by atoms with Gasteiger partial charge in [-0.2, -0.15) is 0 Å². The van der Waals surface area contributed by atoms with E-state index in [1.54, 1.807) is 4.88 Å². The molecule has 1 aromatic rings. The van der Waals surface area contributed by atoms with E-state index >= 15 is 0 Å². The highest BCUT2D eigenvalue weighted by Gasteiger charge is 1.99. The number of hydrogen-bond acceptors (Lipinski definition) is 1. The van der Waals surface area contributed by atoms with E-state index in [4.69, 9.17) is 0 Å². The molecule has 1 heterocycles. The van der Waals surface area contributed by atoms with Gasteiger partial charge in [-0.3, -0.25) is 0 Å². The molecular weight excluding hydrogens is 152 g/mol. The number of hydrogen-bond donors (Lipinski definition) is 0. The first kappa shape index (κ1) is 8.79. The van der Waals surface area contributed by atoms with Gasteiger partial charge in [0.1, 0.15) is 0 Å². The highest BCUT2D eigenvalue weighted by molar-refractivity contribution is 7.12. The summed E-state index contributed by atoms with van der Waals surface area (Å²) in [6, 6.07) is 2.33. The lowest BCUT2D eigenvalue weighted by atomic mass is 10.2. The fourth-order valence-corrected chi connectivity index (χ4v) is 2.22. The van der Waals surface area contributed by atoms with Crippen molar-refractivity contribution in [1.82, 2.24) is 0 Å². The van der Waals surface area contributed by atoms with E-state index in [1.165, 1.54) is 29.7 Å². The molecule has 0 aromatic carbocycles. The van der Waals surface area contributed by atoms with Crippen molar-refractivity contribution in [2.24, 2.45) is 0 Å². The summed E-state index contributed by atoms with van der Waals surface area (Å²) < 4.78 is 0. The average molecular weight is 168 g/mol. The third-order valence-corrected chi connectivity index (χ3v) is 3.21. The van der Waals surface area contributed by atoms with Crippen LogP contribution in [-0.2, 0) is 6.42 Å². The van der Waals surface area contributed by atoms with Crippen molar-refractivity contribution < 1.29 is 0 Å². The molecule has 0 radical (unpaired) electrons. The molecule has 1 rings (SSSR count). The van der Waals surface area contributed by atoms with Crippen LogP contribution in [0.5, 0.6) is 0 Å². The minimum Gasteiger partial charge on any atom is -0.145 e. The summed E-state index contributed by atoms with van der Waals surface area (Å²) in [6.07, 6.45) is 3.91. The Bertz CT molecular complexity index is 203. The molecular formula is C10H16S. The van der Waals surface area contributed by atoms with Gasteiger partial charge in [-0.05, 0) is 38.3 Å². The zero-order valence-corrected chi connectivity index (χ0v) is 8.42. The molecule has 0 saturated heterocycles. The van der Waals surface area contributed by atoms with Crippen molar-refractivity contribution in [2.45, 2.75) is 40.0 Å². The Balaban J connectivity index is 2.58. The summed E-state index contributed by atoms with van der Waals surface area (Å²) in [6.45, 7) is 6.64. The molecule has 0 aliphatic rings. The van der Waals surface area contributed by atoms with Crippen molar-refractivity contribution >= 4 is 11.3 Å². The third kappa shape index (κ3) is 2.33. The number of unbranched alkanes of at least 4 members (excludes halogenated alkanes) is 1. The van der Waals surface area contributed by atoms with Gasteiger partial charge in [0.15, 0.2) is 0 Å². The first-order valence-corrected chi connectivity index (χ1v) is 5.11. The lowest BCUT2D eigenvalue weighted by Gasteiger charge is -1.91. The lowest BCUT2D eigenvalue weighted by Crippen LogP contribution is -1.76. The van der Waals surface area contributed by atoms with Crippen molar-refractivity contribution in [3.8, 4) is 0 Å². The molecule has 1 heteroatoms. The van der Waals surface area contributed by atoms with Crippen molar-refractivity contribution in [1.29, 1.82) is 0 Å². The lowest BCUT2D eigenvalue weighted by molar-refractivity contribution is 0.804. The molecule has 11 heavy (non-hydrogen) atoms. The Morgan fingerprint density at radius 3 is 2.55 bits per heavy atom. The van der Waals surface area contributed by atoms with E-state index in [0.29, 0.717) is 0 Å². The van der Waals surface area contributed by atoms with E-state index in [2.05, 4.69) is 26.8 Å². The van der Waals surface area contributed by atoms with Gasteiger partial charge in [0, 0.05) is 9.75 Å². The SMILES string of the molecule is CCCCc1cc(C)c(C)s1. The van der Waals surface area contributed by atoms with Crippen LogP contribution in [-0.4, -0.2) is 0 Å². The molecule has 0 nitrogen and oxygen atoms in total. The van der Waals surface area contributed by atoms with Crippen LogP contribution in [0.15, 0.2) is 6.07 Å². The Kier molecular flexibility index (Phi) is 3.13. The summed E-state index contributed by atoms with van der Waals surface area (Å²) in [7, 11) is 0. The van der Waals surface area contributed by atoms with Crippen LogP contribution in [0, 0.1) is 13.8 Å². The van der Waals surface area contributed by atoms with Gasteiger partial charge in [0.25, 0.3) is 0 Å². The fourth-order valence-electron chi connectivity index (χ4n) is 1.12. The van der Waals surface area contributed by atoms with E-state index in [9.17, 15) is 0 Å². The Hall–Kier alpha value is -0.300. The molecule has 0 bridgehead atoms. The zero-order valence-electron chi connectivity index (χ0n) is 7.61. The third-order valence-electron chi connectivity index (χ3n) is 1.99. The smallest absolute Gasteiger partial charge is 0.00507 e. The second kappa shape index (κ2) is 3.91. The van der Waals surface area contributed by atoms with Crippen molar-refractivity contribution in [3.05, 3.63) is 21.4 Å². The Morgan fingerprint density at radius 1 is 1.36 bits per heavy atom. The topological polar surface area (TPSA) is 0 Å². The second-order valence-electron chi connectivity index (χ2n) is 3.06. The van der Waals surface area contributed by atoms with Gasteiger partial charge in [0.05, 0.1) is 0 Å². The highest BCUT2D eigenvalue weighted by Crippen LogP contribution is 2.21. The van der Waals surface area contributed by atoms with Crippen molar-refractivity contribution in [2.75, 3.05) is 0 Å². The van der Waals surface area contributed by atoms with Crippen LogP contribution in [0.25, 0.3) is 0 Å². The van der Waals surface area contributed by atoms with Gasteiger partial charge >= 0.3 is 0 Å². The maximum atomic E-state index is 2.33. The van der Waals surface area contributed by atoms with Gasteiger partial charge in [-0.15, -0.1) is 11.3 Å². The Labute approximate surface area is 73.3 Å². The monoisotopic (exact) mass is 168 g/mol. The van der Waals surface area contributed by atoms with Gasteiger partial charge in [-0.25, -0.2) is 0 Å². The first-order valence-electron chi connectivity index (χ1n) is 4.30. The Morgan fingerprint density at radius 2 is 2.09 bits per heavy atom. The maximum absolute atomic E-state index is 2.33. The van der Waals surface area contributed by atoms with Crippen molar-refractivity contribution in [3.63, 3.8) is 0 Å². The number of aryl methyl sites for hydroxylation is 3. The van der Waals surface area contributed by atoms with Crippen LogP contribution in [0.1, 0.15) is 35.1 Å². The van der Waals surface area contributed by atoms with Crippen LogP contribution in [0.2, 0.25) is 0 Å². The molecule has 0 aliphatic carbocycles. The standard InChI is InChI=1S/C10H16S/c1-4-5-6-10-7-8(2)9(3)11-10/h7H,4-6H2,1-3H3. The van der Waals surface area contributed by atoms with E-state index in [1.807, 2.05) is 11.3 Å². The molecule has 0 amide bonds. The normalized spacial score (nSPS) is 10.5. The van der Waals surface area contributed by atoms with Crippen LogP contribution in [0.4, 0.5) is 0 Å². The molecule has 0 fully saturated rings. The number of rotatable bonds is 3. The molecule has 62 valence electrons. The molecule has 1 aromatic heterocycles. The zero-order chi connectivity index (χ0) is 8.27. The number of thiophene rings is 1. The molecule has 0 spiro atoms. The minimum absolute atomic E-state index is 1.27.